The Morgan fingerprint density at radius 1 is 1.06 bits per heavy atom. The van der Waals surface area contributed by atoms with Crippen molar-refractivity contribution in [3.63, 3.8) is 0 Å². The van der Waals surface area contributed by atoms with E-state index in [9.17, 15) is 4.79 Å². The SMILES string of the molecule is Cc1ccccc1-c1cc(=O)c(C)c(C)[nH]1. The van der Waals surface area contributed by atoms with Crippen LogP contribution in [0.4, 0.5) is 0 Å². The lowest BCUT2D eigenvalue weighted by atomic mass is 10.0. The third-order valence-corrected chi connectivity index (χ3v) is 2.96. The lowest BCUT2D eigenvalue weighted by Crippen LogP contribution is -2.08. The molecule has 2 heteroatoms. The van der Waals surface area contributed by atoms with Crippen molar-refractivity contribution in [1.29, 1.82) is 0 Å². The number of H-pyrrole nitrogens is 1. The smallest absolute Gasteiger partial charge is 0.185 e. The molecule has 0 saturated carbocycles. The van der Waals surface area contributed by atoms with Crippen LogP contribution in [0.2, 0.25) is 0 Å². The zero-order valence-corrected chi connectivity index (χ0v) is 9.79. The van der Waals surface area contributed by atoms with E-state index in [0.717, 1.165) is 22.5 Å². The van der Waals surface area contributed by atoms with E-state index in [-0.39, 0.29) is 5.43 Å². The summed E-state index contributed by atoms with van der Waals surface area (Å²) < 4.78 is 0. The van der Waals surface area contributed by atoms with Gasteiger partial charge < -0.3 is 4.98 Å². The third-order valence-electron chi connectivity index (χ3n) is 2.96. The third kappa shape index (κ3) is 1.78. The minimum Gasteiger partial charge on any atom is -0.358 e. The first kappa shape index (κ1) is 10.7. The summed E-state index contributed by atoms with van der Waals surface area (Å²) in [5.41, 5.74) is 4.97. The predicted octanol–water partition coefficient (Wildman–Crippen LogP) is 2.97. The molecule has 1 aromatic heterocycles. The van der Waals surface area contributed by atoms with Crippen molar-refractivity contribution in [3.05, 3.63) is 57.4 Å². The Labute approximate surface area is 95.0 Å². The molecule has 0 atom stereocenters. The van der Waals surface area contributed by atoms with E-state index in [2.05, 4.69) is 4.98 Å². The molecule has 0 radical (unpaired) electrons. The van der Waals surface area contributed by atoms with Crippen LogP contribution in [0.15, 0.2) is 35.1 Å². The Morgan fingerprint density at radius 2 is 1.75 bits per heavy atom. The molecule has 1 heterocycles. The molecular weight excluding hydrogens is 198 g/mol. The van der Waals surface area contributed by atoms with E-state index in [1.807, 2.05) is 45.0 Å². The van der Waals surface area contributed by atoms with Gasteiger partial charge in [-0.05, 0) is 26.3 Å². The van der Waals surface area contributed by atoms with Crippen molar-refractivity contribution in [2.45, 2.75) is 20.8 Å². The highest BCUT2D eigenvalue weighted by atomic mass is 16.1. The minimum atomic E-state index is 0.0921. The molecule has 0 saturated heterocycles. The van der Waals surface area contributed by atoms with Crippen LogP contribution in [0.1, 0.15) is 16.8 Å². The van der Waals surface area contributed by atoms with Crippen molar-refractivity contribution in [3.8, 4) is 11.3 Å². The summed E-state index contributed by atoms with van der Waals surface area (Å²) in [6.07, 6.45) is 0. The molecule has 0 amide bonds. The Morgan fingerprint density at radius 3 is 2.38 bits per heavy atom. The summed E-state index contributed by atoms with van der Waals surface area (Å²) in [6.45, 7) is 5.82. The van der Waals surface area contributed by atoms with E-state index in [0.29, 0.717) is 0 Å². The van der Waals surface area contributed by atoms with Crippen LogP contribution in [0.5, 0.6) is 0 Å². The monoisotopic (exact) mass is 213 g/mol. The molecule has 0 fully saturated rings. The van der Waals surface area contributed by atoms with Crippen molar-refractivity contribution < 1.29 is 0 Å². The number of pyridine rings is 1. The molecule has 0 aliphatic carbocycles. The van der Waals surface area contributed by atoms with Crippen molar-refractivity contribution in [1.82, 2.24) is 4.98 Å². The molecule has 82 valence electrons. The topological polar surface area (TPSA) is 32.9 Å². The summed E-state index contributed by atoms with van der Waals surface area (Å²) >= 11 is 0. The number of hydrogen-bond donors (Lipinski definition) is 1. The fourth-order valence-corrected chi connectivity index (χ4v) is 1.78. The number of rotatable bonds is 1. The largest absolute Gasteiger partial charge is 0.358 e. The number of aromatic amines is 1. The Kier molecular flexibility index (Phi) is 2.65. The van der Waals surface area contributed by atoms with Gasteiger partial charge in [0.2, 0.25) is 0 Å². The maximum absolute atomic E-state index is 11.7. The lowest BCUT2D eigenvalue weighted by Gasteiger charge is -2.08. The molecule has 0 unspecified atom stereocenters. The number of aromatic nitrogens is 1. The Bertz CT molecular complexity index is 582. The van der Waals surface area contributed by atoms with Gasteiger partial charge in [0.15, 0.2) is 5.43 Å². The molecule has 2 aromatic rings. The zero-order valence-electron chi connectivity index (χ0n) is 9.79. The van der Waals surface area contributed by atoms with Crippen LogP contribution in [-0.2, 0) is 0 Å². The molecule has 1 N–H and O–H groups in total. The molecule has 0 aliphatic heterocycles. The molecule has 2 nitrogen and oxygen atoms in total. The number of aryl methyl sites for hydroxylation is 2. The summed E-state index contributed by atoms with van der Waals surface area (Å²) in [4.78, 5) is 15.0. The van der Waals surface area contributed by atoms with E-state index in [1.54, 1.807) is 6.07 Å². The second-order valence-corrected chi connectivity index (χ2v) is 4.11. The van der Waals surface area contributed by atoms with Crippen molar-refractivity contribution >= 4 is 0 Å². The maximum Gasteiger partial charge on any atom is 0.185 e. The fraction of sp³-hybridized carbons (Fsp3) is 0.214. The standard InChI is InChI=1S/C14H15NO/c1-9-6-4-5-7-12(9)13-8-14(16)10(2)11(3)15-13/h4-8H,1-3H3,(H,15,16). The van der Waals surface area contributed by atoms with Crippen LogP contribution in [0, 0.1) is 20.8 Å². The first-order chi connectivity index (χ1) is 7.59. The highest BCUT2D eigenvalue weighted by molar-refractivity contribution is 5.63. The van der Waals surface area contributed by atoms with Crippen LogP contribution in [0.3, 0.4) is 0 Å². The Hall–Kier alpha value is -1.83. The quantitative estimate of drug-likeness (QED) is 0.776. The second-order valence-electron chi connectivity index (χ2n) is 4.11. The lowest BCUT2D eigenvalue weighted by molar-refractivity contribution is 1.13. The van der Waals surface area contributed by atoms with Gasteiger partial charge in [-0.3, -0.25) is 4.79 Å². The van der Waals surface area contributed by atoms with Crippen LogP contribution in [0.25, 0.3) is 11.3 Å². The van der Waals surface area contributed by atoms with Gasteiger partial charge in [-0.1, -0.05) is 24.3 Å². The maximum atomic E-state index is 11.7. The van der Waals surface area contributed by atoms with Gasteiger partial charge in [-0.15, -0.1) is 0 Å². The highest BCUT2D eigenvalue weighted by Crippen LogP contribution is 2.20. The van der Waals surface area contributed by atoms with Crippen LogP contribution >= 0.6 is 0 Å². The molecule has 0 bridgehead atoms. The molecule has 0 aliphatic rings. The van der Waals surface area contributed by atoms with E-state index in [1.165, 1.54) is 5.56 Å². The number of nitrogens with one attached hydrogen (secondary N) is 1. The molecule has 2 rings (SSSR count). The molecule has 0 spiro atoms. The van der Waals surface area contributed by atoms with Gasteiger partial charge in [-0.2, -0.15) is 0 Å². The average molecular weight is 213 g/mol. The average Bonchev–Trinajstić information content (AvgIpc) is 2.26. The summed E-state index contributed by atoms with van der Waals surface area (Å²) in [5, 5.41) is 0. The predicted molar refractivity (Wildman–Crippen MR) is 66.7 cm³/mol. The normalized spacial score (nSPS) is 10.4. The van der Waals surface area contributed by atoms with Crippen LogP contribution in [-0.4, -0.2) is 4.98 Å². The molecule has 16 heavy (non-hydrogen) atoms. The van der Waals surface area contributed by atoms with E-state index in [4.69, 9.17) is 0 Å². The van der Waals surface area contributed by atoms with Gasteiger partial charge >= 0.3 is 0 Å². The van der Waals surface area contributed by atoms with Gasteiger partial charge in [0.1, 0.15) is 0 Å². The molecule has 1 aromatic carbocycles. The van der Waals surface area contributed by atoms with E-state index < -0.39 is 0 Å². The zero-order chi connectivity index (χ0) is 11.7. The van der Waals surface area contributed by atoms with E-state index >= 15 is 0 Å². The summed E-state index contributed by atoms with van der Waals surface area (Å²) in [7, 11) is 0. The highest BCUT2D eigenvalue weighted by Gasteiger charge is 2.05. The fourth-order valence-electron chi connectivity index (χ4n) is 1.78. The van der Waals surface area contributed by atoms with Gasteiger partial charge in [0.25, 0.3) is 0 Å². The number of hydrogen-bond acceptors (Lipinski definition) is 1. The van der Waals surface area contributed by atoms with Crippen molar-refractivity contribution in [2.24, 2.45) is 0 Å². The first-order valence-electron chi connectivity index (χ1n) is 5.36. The first-order valence-corrected chi connectivity index (χ1v) is 5.36. The second kappa shape index (κ2) is 3.97. The number of benzene rings is 1. The van der Waals surface area contributed by atoms with Gasteiger partial charge in [-0.25, -0.2) is 0 Å². The summed E-state index contributed by atoms with van der Waals surface area (Å²) in [5.74, 6) is 0. The van der Waals surface area contributed by atoms with Crippen molar-refractivity contribution in [2.75, 3.05) is 0 Å². The molecular formula is C14H15NO. The van der Waals surface area contributed by atoms with Gasteiger partial charge in [0.05, 0.1) is 0 Å². The Balaban J connectivity index is 2.67. The van der Waals surface area contributed by atoms with Crippen LogP contribution < -0.4 is 5.43 Å². The van der Waals surface area contributed by atoms with Gasteiger partial charge in [0, 0.05) is 28.6 Å². The minimum absolute atomic E-state index is 0.0921. The summed E-state index contributed by atoms with van der Waals surface area (Å²) in [6, 6.07) is 9.72.